The average Bonchev–Trinajstić information content (AvgIpc) is 3.73. The van der Waals surface area contributed by atoms with Crippen LogP contribution in [0.3, 0.4) is 0 Å². The van der Waals surface area contributed by atoms with Crippen molar-refractivity contribution in [2.75, 3.05) is 0 Å². The molecule has 0 aliphatic rings. The van der Waals surface area contributed by atoms with E-state index in [0.29, 0.717) is 18.2 Å². The molecule has 0 N–H and O–H groups in total. The molecule has 11 aromatic rings. The van der Waals surface area contributed by atoms with E-state index < -0.39 is 0 Å². The SMILES string of the molecule is C=NC(=NC(=NCc1cccc2ccccc12)c1cccc2ccccc12)c1cccc(-c2cccc(-c3cccc(-c4ccc5oc6ccc7ccccc7c6c5c4)c3)c2)c1. The van der Waals surface area contributed by atoms with Crippen molar-refractivity contribution in [3.05, 3.63) is 229 Å². The maximum absolute atomic E-state index is 6.30. The number of rotatable bonds is 7. The van der Waals surface area contributed by atoms with E-state index in [-0.39, 0.29) is 0 Å². The van der Waals surface area contributed by atoms with E-state index in [1.54, 1.807) is 0 Å². The van der Waals surface area contributed by atoms with Gasteiger partial charge in [0.25, 0.3) is 0 Å². The minimum Gasteiger partial charge on any atom is -0.456 e. The van der Waals surface area contributed by atoms with Crippen LogP contribution >= 0.6 is 0 Å². The molecule has 62 heavy (non-hydrogen) atoms. The molecule has 10 aromatic carbocycles. The minimum atomic E-state index is 0.466. The third-order valence-corrected chi connectivity index (χ3v) is 11.9. The average molecular weight is 794 g/mol. The Morgan fingerprint density at radius 2 is 0.935 bits per heavy atom. The zero-order valence-corrected chi connectivity index (χ0v) is 33.9. The Labute approximate surface area is 359 Å². The summed E-state index contributed by atoms with van der Waals surface area (Å²) in [6.45, 7) is 4.46. The van der Waals surface area contributed by atoms with E-state index in [0.717, 1.165) is 82.8 Å². The molecule has 292 valence electrons. The molecule has 0 atom stereocenters. The second-order valence-electron chi connectivity index (χ2n) is 15.6. The van der Waals surface area contributed by atoms with E-state index in [1.807, 2.05) is 6.07 Å². The Kier molecular flexibility index (Phi) is 9.36. The molecule has 0 fully saturated rings. The highest BCUT2D eigenvalue weighted by Gasteiger charge is 2.15. The number of furan rings is 1. The van der Waals surface area contributed by atoms with E-state index in [1.165, 1.54) is 21.5 Å². The Bertz CT molecular complexity index is 3580. The summed E-state index contributed by atoms with van der Waals surface area (Å²) in [5.74, 6) is 1.12. The summed E-state index contributed by atoms with van der Waals surface area (Å²) < 4.78 is 6.30. The second kappa shape index (κ2) is 15.8. The lowest BCUT2D eigenvalue weighted by Gasteiger charge is -2.11. The number of hydrogen-bond donors (Lipinski definition) is 0. The van der Waals surface area contributed by atoms with Gasteiger partial charge in [-0.15, -0.1) is 0 Å². The molecule has 1 aromatic heterocycles. The summed E-state index contributed by atoms with van der Waals surface area (Å²) in [6, 6.07) is 74.5. The normalized spacial score (nSPS) is 12.2. The molecule has 0 unspecified atom stereocenters. The Hall–Kier alpha value is -8.21. The zero-order valence-electron chi connectivity index (χ0n) is 33.9. The van der Waals surface area contributed by atoms with Crippen molar-refractivity contribution < 1.29 is 4.42 Å². The van der Waals surface area contributed by atoms with Gasteiger partial charge in [0.2, 0.25) is 0 Å². The maximum Gasteiger partial charge on any atom is 0.161 e. The highest BCUT2D eigenvalue weighted by Crippen LogP contribution is 2.38. The molecule has 0 radical (unpaired) electrons. The smallest absolute Gasteiger partial charge is 0.161 e. The fraction of sp³-hybridized carbons (Fsp3) is 0.0172. The number of nitrogens with zero attached hydrogens (tertiary/aromatic N) is 3. The van der Waals surface area contributed by atoms with Crippen LogP contribution in [0.1, 0.15) is 16.7 Å². The molecule has 4 nitrogen and oxygen atoms in total. The van der Waals surface area contributed by atoms with E-state index in [4.69, 9.17) is 14.4 Å². The van der Waals surface area contributed by atoms with Crippen LogP contribution in [0.2, 0.25) is 0 Å². The van der Waals surface area contributed by atoms with Crippen LogP contribution in [0.4, 0.5) is 0 Å². The largest absolute Gasteiger partial charge is 0.456 e. The molecule has 1 heterocycles. The lowest BCUT2D eigenvalue weighted by atomic mass is 9.95. The molecule has 0 saturated heterocycles. The summed E-state index contributed by atoms with van der Waals surface area (Å²) in [6.07, 6.45) is 0. The van der Waals surface area contributed by atoms with Gasteiger partial charge in [0.1, 0.15) is 11.2 Å². The zero-order chi connectivity index (χ0) is 41.4. The maximum atomic E-state index is 6.30. The first-order valence-electron chi connectivity index (χ1n) is 20.9. The van der Waals surface area contributed by atoms with Crippen molar-refractivity contribution in [3.8, 4) is 33.4 Å². The van der Waals surface area contributed by atoms with Crippen LogP contribution in [-0.4, -0.2) is 18.4 Å². The molecular formula is C58H39N3O. The minimum absolute atomic E-state index is 0.466. The molecule has 0 saturated carbocycles. The standard InChI is InChI=1S/C58H39N3O/c1-59-57(61-58(52-28-12-17-39-14-3-6-26-50(39)52)60-37-48-24-8-16-38-13-2-5-25-49(38)48)47-23-11-22-45(35-47)43-20-9-18-41(33-43)42-19-10-21-44(34-42)46-30-31-54-53(36-46)56-51-27-7-4-15-40(51)29-32-55(56)62-54/h2-36H,1,37H2. The van der Waals surface area contributed by atoms with Crippen molar-refractivity contribution in [1.82, 2.24) is 0 Å². The van der Waals surface area contributed by atoms with E-state index in [2.05, 4.69) is 218 Å². The number of amidine groups is 2. The molecular weight excluding hydrogens is 755 g/mol. The van der Waals surface area contributed by atoms with Crippen LogP contribution < -0.4 is 0 Å². The van der Waals surface area contributed by atoms with Gasteiger partial charge in [-0.1, -0.05) is 176 Å². The van der Waals surface area contributed by atoms with Crippen LogP contribution in [0.15, 0.2) is 232 Å². The summed E-state index contributed by atoms with van der Waals surface area (Å²) in [5, 5.41) is 9.26. The fourth-order valence-electron chi connectivity index (χ4n) is 8.80. The molecule has 0 aliphatic heterocycles. The second-order valence-corrected chi connectivity index (χ2v) is 15.6. The van der Waals surface area contributed by atoms with Crippen LogP contribution in [0.25, 0.3) is 87.6 Å². The van der Waals surface area contributed by atoms with Gasteiger partial charge in [-0.2, -0.15) is 0 Å². The molecule has 0 spiro atoms. The fourth-order valence-corrected chi connectivity index (χ4v) is 8.80. The predicted molar refractivity (Wildman–Crippen MR) is 262 cm³/mol. The van der Waals surface area contributed by atoms with Gasteiger partial charge in [-0.25, -0.2) is 9.98 Å². The van der Waals surface area contributed by atoms with E-state index >= 15 is 0 Å². The number of benzene rings is 10. The molecule has 0 amide bonds. The molecule has 0 bridgehead atoms. The lowest BCUT2D eigenvalue weighted by molar-refractivity contribution is 0.669. The Morgan fingerprint density at radius 1 is 0.403 bits per heavy atom. The third kappa shape index (κ3) is 6.84. The highest BCUT2D eigenvalue weighted by molar-refractivity contribution is 6.20. The topological polar surface area (TPSA) is 50.2 Å². The number of aliphatic imine (C=N–C) groups is 3. The summed E-state index contributed by atoms with van der Waals surface area (Å²) in [5.41, 5.74) is 11.4. The number of fused-ring (bicyclic) bond motifs is 7. The number of hydrogen-bond acceptors (Lipinski definition) is 2. The summed E-state index contributed by atoms with van der Waals surface area (Å²) in [7, 11) is 0. The Morgan fingerprint density at radius 3 is 1.65 bits per heavy atom. The molecule has 11 rings (SSSR count). The molecule has 0 aliphatic carbocycles. The van der Waals surface area contributed by atoms with Crippen LogP contribution in [0.5, 0.6) is 0 Å². The van der Waals surface area contributed by atoms with Crippen molar-refractivity contribution in [2.45, 2.75) is 6.54 Å². The van der Waals surface area contributed by atoms with Gasteiger partial charge < -0.3 is 4.42 Å². The first-order chi connectivity index (χ1) is 30.7. The van der Waals surface area contributed by atoms with Gasteiger partial charge in [0.15, 0.2) is 11.7 Å². The van der Waals surface area contributed by atoms with Gasteiger partial charge >= 0.3 is 0 Å². The first-order valence-corrected chi connectivity index (χ1v) is 20.9. The van der Waals surface area contributed by atoms with Gasteiger partial charge in [-0.3, -0.25) is 4.99 Å². The van der Waals surface area contributed by atoms with Crippen molar-refractivity contribution >= 4 is 72.6 Å². The molecule has 4 heteroatoms. The van der Waals surface area contributed by atoms with Crippen LogP contribution in [-0.2, 0) is 6.54 Å². The van der Waals surface area contributed by atoms with Crippen molar-refractivity contribution in [2.24, 2.45) is 15.0 Å². The van der Waals surface area contributed by atoms with Gasteiger partial charge in [0.05, 0.1) is 6.54 Å². The predicted octanol–water partition coefficient (Wildman–Crippen LogP) is 15.1. The monoisotopic (exact) mass is 793 g/mol. The Balaban J connectivity index is 0.941. The quantitative estimate of drug-likeness (QED) is 0.117. The van der Waals surface area contributed by atoms with Gasteiger partial charge in [0, 0.05) is 21.9 Å². The highest BCUT2D eigenvalue weighted by atomic mass is 16.3. The van der Waals surface area contributed by atoms with Gasteiger partial charge in [-0.05, 0) is 114 Å². The van der Waals surface area contributed by atoms with Crippen LogP contribution in [0, 0.1) is 0 Å². The van der Waals surface area contributed by atoms with E-state index in [9.17, 15) is 0 Å². The van der Waals surface area contributed by atoms with Crippen molar-refractivity contribution in [1.29, 1.82) is 0 Å². The first kappa shape index (κ1) is 36.8. The third-order valence-electron chi connectivity index (χ3n) is 11.9. The summed E-state index contributed by atoms with van der Waals surface area (Å²) in [4.78, 5) is 14.9. The van der Waals surface area contributed by atoms with Crippen molar-refractivity contribution in [3.63, 3.8) is 0 Å². The summed E-state index contributed by atoms with van der Waals surface area (Å²) >= 11 is 0. The lowest BCUT2D eigenvalue weighted by Crippen LogP contribution is -2.06.